The summed E-state index contributed by atoms with van der Waals surface area (Å²) in [6.45, 7) is 5.56. The van der Waals surface area contributed by atoms with Crippen LogP contribution in [0, 0.1) is 0 Å². The van der Waals surface area contributed by atoms with Gasteiger partial charge in [-0.2, -0.15) is 20.1 Å². The van der Waals surface area contributed by atoms with Gasteiger partial charge >= 0.3 is 11.2 Å². The lowest BCUT2D eigenvalue weighted by Crippen LogP contribution is -2.42. The highest BCUT2D eigenvalue weighted by Gasteiger charge is 2.25. The fourth-order valence-electron chi connectivity index (χ4n) is 3.72. The number of amides is 1. The zero-order valence-electron chi connectivity index (χ0n) is 19.1. The first-order valence-corrected chi connectivity index (χ1v) is 12.4. The Balaban J connectivity index is 1.37. The van der Waals surface area contributed by atoms with E-state index >= 15 is 0 Å². The third kappa shape index (κ3) is 5.88. The number of carbonyl (C=O) groups excluding carboxylic acids is 1. The average Bonchev–Trinajstić information content (AvgIpc) is 3.17. The lowest BCUT2D eigenvalue weighted by Gasteiger charge is -2.30. The molecule has 3 heterocycles. The molecule has 4 rings (SSSR count). The van der Waals surface area contributed by atoms with Crippen molar-refractivity contribution < 1.29 is 14.1 Å². The predicted octanol–water partition coefficient (Wildman–Crippen LogP) is 2.80. The number of nitrogens with zero attached hydrogens (tertiary/aromatic N) is 5. The summed E-state index contributed by atoms with van der Waals surface area (Å²) in [6.07, 6.45) is 7.88. The van der Waals surface area contributed by atoms with Gasteiger partial charge in [-0.25, -0.2) is 9.78 Å². The van der Waals surface area contributed by atoms with Crippen LogP contribution in [0.3, 0.4) is 0 Å². The van der Waals surface area contributed by atoms with Crippen molar-refractivity contribution in [1.29, 1.82) is 0 Å². The van der Waals surface area contributed by atoms with Gasteiger partial charge in [0, 0.05) is 35.7 Å². The molecule has 1 saturated carbocycles. The molecular weight excluding hydrogens is 444 g/mol. The number of aromatic amines is 1. The van der Waals surface area contributed by atoms with Crippen LogP contribution in [0.5, 0.6) is 0 Å². The fourth-order valence-corrected chi connectivity index (χ4v) is 4.16. The van der Waals surface area contributed by atoms with Crippen molar-refractivity contribution in [3.8, 4) is 11.4 Å². The minimum Gasteiger partial charge on any atom is -0.609 e. The largest absolute Gasteiger partial charge is 0.609 e. The molecule has 1 unspecified atom stereocenters. The number of hydrogen-bond donors (Lipinski definition) is 3. The number of carbonyl (C=O) groups is 1. The van der Waals surface area contributed by atoms with E-state index in [0.29, 0.717) is 23.0 Å². The van der Waals surface area contributed by atoms with Crippen molar-refractivity contribution in [3.63, 3.8) is 0 Å². The molecule has 1 fully saturated rings. The van der Waals surface area contributed by atoms with Gasteiger partial charge < -0.3 is 19.9 Å². The van der Waals surface area contributed by atoms with Crippen LogP contribution in [-0.4, -0.2) is 64.7 Å². The molecule has 0 spiro atoms. The van der Waals surface area contributed by atoms with Crippen LogP contribution in [-0.2, 0) is 15.9 Å². The number of aromatic nitrogens is 6. The standard InChI is InChI=1S/C21H28N8O3S/c1-21(2,3)32-20(30)25-13-7-5-12(6-8-13)24-18-23-11-14-16(28-29-17(14)27-18)15-9-10-22-19(26-15)33(4)31/h9-13H,5-8H2,1-4H3,(H,25,30)(H2,23,24,27,28,29)/t12-,13-,33?. The first-order chi connectivity index (χ1) is 15.7. The molecule has 176 valence electrons. The Morgan fingerprint density at radius 3 is 2.61 bits per heavy atom. The summed E-state index contributed by atoms with van der Waals surface area (Å²) < 4.78 is 17.0. The van der Waals surface area contributed by atoms with E-state index in [0.717, 1.165) is 31.1 Å². The van der Waals surface area contributed by atoms with Crippen LogP contribution in [0.1, 0.15) is 46.5 Å². The van der Waals surface area contributed by atoms with Gasteiger partial charge in [-0.1, -0.05) is 0 Å². The summed E-state index contributed by atoms with van der Waals surface area (Å²) in [7, 11) is 0. The van der Waals surface area contributed by atoms with Gasteiger partial charge in [0.2, 0.25) is 5.95 Å². The van der Waals surface area contributed by atoms with E-state index in [1.807, 2.05) is 20.8 Å². The summed E-state index contributed by atoms with van der Waals surface area (Å²) in [5.74, 6) is 0.513. The Bertz CT molecular complexity index is 1120. The normalized spacial score (nSPS) is 19.8. The molecule has 11 nitrogen and oxygen atoms in total. The highest BCUT2D eigenvalue weighted by Crippen LogP contribution is 2.26. The number of nitrogens with one attached hydrogen (secondary N) is 3. The molecule has 0 bridgehead atoms. The number of rotatable bonds is 5. The molecule has 0 aromatic carbocycles. The highest BCUT2D eigenvalue weighted by atomic mass is 32.2. The van der Waals surface area contributed by atoms with E-state index in [2.05, 4.69) is 40.8 Å². The van der Waals surface area contributed by atoms with Gasteiger partial charge in [-0.15, -0.1) is 0 Å². The van der Waals surface area contributed by atoms with E-state index in [1.54, 1.807) is 18.5 Å². The van der Waals surface area contributed by atoms with Crippen LogP contribution >= 0.6 is 0 Å². The molecule has 0 radical (unpaired) electrons. The molecule has 3 aromatic heterocycles. The van der Waals surface area contributed by atoms with Gasteiger partial charge in [-0.05, 0) is 52.5 Å². The average molecular weight is 473 g/mol. The van der Waals surface area contributed by atoms with Crippen LogP contribution in [0.4, 0.5) is 10.7 Å². The Hall–Kier alpha value is -2.99. The summed E-state index contributed by atoms with van der Waals surface area (Å²) in [6, 6.07) is 2.03. The summed E-state index contributed by atoms with van der Waals surface area (Å²) in [5.41, 5.74) is 1.22. The molecule has 1 aliphatic carbocycles. The van der Waals surface area contributed by atoms with Crippen molar-refractivity contribution in [2.75, 3.05) is 11.6 Å². The van der Waals surface area contributed by atoms with E-state index in [4.69, 9.17) is 4.74 Å². The molecule has 12 heteroatoms. The number of H-pyrrole nitrogens is 1. The predicted molar refractivity (Wildman–Crippen MR) is 124 cm³/mol. The summed E-state index contributed by atoms with van der Waals surface area (Å²) >= 11 is -1.29. The van der Waals surface area contributed by atoms with Gasteiger partial charge in [0.25, 0.3) is 0 Å². The monoisotopic (exact) mass is 472 g/mol. The third-order valence-corrected chi connectivity index (χ3v) is 5.94. The zero-order chi connectivity index (χ0) is 23.6. The second-order valence-electron chi connectivity index (χ2n) is 9.05. The third-order valence-electron chi connectivity index (χ3n) is 5.23. The number of ether oxygens (including phenoxy) is 1. The number of fused-ring (bicyclic) bond motifs is 1. The maximum absolute atomic E-state index is 12.0. The molecule has 1 aliphatic rings. The molecule has 1 atom stereocenters. The smallest absolute Gasteiger partial charge is 0.407 e. The first kappa shape index (κ1) is 23.2. The van der Waals surface area contributed by atoms with Crippen molar-refractivity contribution in [1.82, 2.24) is 35.5 Å². The van der Waals surface area contributed by atoms with Crippen LogP contribution in [0.15, 0.2) is 23.6 Å². The van der Waals surface area contributed by atoms with E-state index in [9.17, 15) is 9.35 Å². The van der Waals surface area contributed by atoms with Gasteiger partial charge in [0.1, 0.15) is 17.6 Å². The summed E-state index contributed by atoms with van der Waals surface area (Å²) in [5, 5.41) is 14.5. The Labute approximate surface area is 194 Å². The van der Waals surface area contributed by atoms with Crippen molar-refractivity contribution in [2.24, 2.45) is 0 Å². The molecular formula is C21H28N8O3S. The van der Waals surface area contributed by atoms with E-state index in [1.165, 1.54) is 6.26 Å². The summed E-state index contributed by atoms with van der Waals surface area (Å²) in [4.78, 5) is 29.3. The number of hydrogen-bond acceptors (Lipinski definition) is 9. The molecule has 0 saturated heterocycles. The van der Waals surface area contributed by atoms with Crippen molar-refractivity contribution in [3.05, 3.63) is 18.5 Å². The first-order valence-electron chi connectivity index (χ1n) is 10.8. The molecule has 3 aromatic rings. The number of alkyl carbamates (subject to hydrolysis) is 1. The topological polar surface area (TPSA) is 154 Å². The molecule has 33 heavy (non-hydrogen) atoms. The van der Waals surface area contributed by atoms with Crippen LogP contribution < -0.4 is 10.6 Å². The second kappa shape index (κ2) is 9.48. The quantitative estimate of drug-likeness (QED) is 0.375. The Morgan fingerprint density at radius 1 is 1.18 bits per heavy atom. The molecule has 0 aliphatic heterocycles. The maximum Gasteiger partial charge on any atom is 0.407 e. The lowest BCUT2D eigenvalue weighted by atomic mass is 9.91. The van der Waals surface area contributed by atoms with E-state index < -0.39 is 16.8 Å². The Morgan fingerprint density at radius 2 is 1.91 bits per heavy atom. The molecule has 1 amide bonds. The van der Waals surface area contributed by atoms with Gasteiger partial charge in [-0.3, -0.25) is 5.10 Å². The second-order valence-corrected chi connectivity index (χ2v) is 10.3. The van der Waals surface area contributed by atoms with E-state index in [-0.39, 0.29) is 23.3 Å². The minimum atomic E-state index is -1.29. The SMILES string of the molecule is C[S+]([O-])c1nccc(-c2n[nH]c3nc(N[C@H]4CC[C@H](NC(=O)OC(C)(C)C)CC4)ncc23)n1. The number of anilines is 1. The Kier molecular flexibility index (Phi) is 6.66. The van der Waals surface area contributed by atoms with Gasteiger partial charge in [0.15, 0.2) is 5.65 Å². The fraction of sp³-hybridized carbons (Fsp3) is 0.524. The highest BCUT2D eigenvalue weighted by molar-refractivity contribution is 7.90. The maximum atomic E-state index is 12.0. The van der Waals surface area contributed by atoms with Gasteiger partial charge in [0.05, 0.1) is 11.1 Å². The lowest BCUT2D eigenvalue weighted by molar-refractivity contribution is 0.0492. The van der Waals surface area contributed by atoms with Crippen molar-refractivity contribution >= 4 is 34.3 Å². The minimum absolute atomic E-state index is 0.103. The van der Waals surface area contributed by atoms with Crippen molar-refractivity contribution in [2.45, 2.75) is 69.3 Å². The van der Waals surface area contributed by atoms with Crippen LogP contribution in [0.25, 0.3) is 22.4 Å². The zero-order valence-corrected chi connectivity index (χ0v) is 19.9. The van der Waals surface area contributed by atoms with Crippen LogP contribution in [0.2, 0.25) is 0 Å². The molecule has 3 N–H and O–H groups in total.